The number of hydrogen-bond acceptors (Lipinski definition) is 2. The van der Waals surface area contributed by atoms with Gasteiger partial charge in [0.2, 0.25) is 0 Å². The molecule has 68 valence electrons. The first kappa shape index (κ1) is 9.26. The van der Waals surface area contributed by atoms with Gasteiger partial charge in [0, 0.05) is 31.4 Å². The van der Waals surface area contributed by atoms with Crippen LogP contribution in [0.1, 0.15) is 32.1 Å². The first-order valence-corrected chi connectivity index (χ1v) is 4.51. The Balaban J connectivity index is 2.76. The summed E-state index contributed by atoms with van der Waals surface area (Å²) in [7, 11) is 0. The molecule has 12 heavy (non-hydrogen) atoms. The Morgan fingerprint density at radius 1 is 1.67 bits per heavy atom. The van der Waals surface area contributed by atoms with E-state index in [9.17, 15) is 0 Å². The zero-order chi connectivity index (χ0) is 8.97. The number of rotatable bonds is 4. The lowest BCUT2D eigenvalue weighted by atomic mass is 10.3. The fourth-order valence-electron chi connectivity index (χ4n) is 1.28. The third kappa shape index (κ3) is 1.85. The van der Waals surface area contributed by atoms with Crippen LogP contribution in [-0.4, -0.2) is 16.1 Å². The zero-order valence-electron chi connectivity index (χ0n) is 7.83. The summed E-state index contributed by atoms with van der Waals surface area (Å²) >= 11 is 0. The van der Waals surface area contributed by atoms with E-state index < -0.39 is 0 Å². The van der Waals surface area contributed by atoms with E-state index in [0.29, 0.717) is 12.6 Å². The van der Waals surface area contributed by atoms with Gasteiger partial charge in [0.15, 0.2) is 0 Å². The summed E-state index contributed by atoms with van der Waals surface area (Å²) in [4.78, 5) is 4.28. The molecule has 1 atom stereocenters. The largest absolute Gasteiger partial charge is 0.331 e. The van der Waals surface area contributed by atoms with Crippen molar-refractivity contribution < 1.29 is 0 Å². The van der Waals surface area contributed by atoms with Crippen LogP contribution in [0, 0.1) is 0 Å². The fraction of sp³-hybridized carbons (Fsp3) is 0.667. The summed E-state index contributed by atoms with van der Waals surface area (Å²) in [5.41, 5.74) is 5.58. The van der Waals surface area contributed by atoms with E-state index in [0.717, 1.165) is 18.7 Å². The molecule has 0 fully saturated rings. The summed E-state index contributed by atoms with van der Waals surface area (Å²) in [5.74, 6) is 1.15. The average molecular weight is 167 g/mol. The van der Waals surface area contributed by atoms with Crippen molar-refractivity contribution in [3.63, 3.8) is 0 Å². The van der Waals surface area contributed by atoms with Crippen molar-refractivity contribution in [2.75, 3.05) is 6.54 Å². The van der Waals surface area contributed by atoms with Gasteiger partial charge in [-0.2, -0.15) is 0 Å². The standard InChI is InChI=1S/C9H17N3/c1-3-4-9-11-5-6-12(9)8(2)7-10/h5-6,8H,3-4,7,10H2,1-2H3. The summed E-state index contributed by atoms with van der Waals surface area (Å²) in [5, 5.41) is 0. The molecule has 0 saturated carbocycles. The Morgan fingerprint density at radius 3 is 3.00 bits per heavy atom. The highest BCUT2D eigenvalue weighted by atomic mass is 15.1. The predicted molar refractivity (Wildman–Crippen MR) is 50.0 cm³/mol. The number of nitrogens with two attached hydrogens (primary N) is 1. The normalized spacial score (nSPS) is 13.2. The molecule has 0 bridgehead atoms. The van der Waals surface area contributed by atoms with E-state index in [4.69, 9.17) is 5.73 Å². The molecule has 0 saturated heterocycles. The molecule has 2 N–H and O–H groups in total. The minimum atomic E-state index is 0.369. The Bertz CT molecular complexity index is 229. The summed E-state index contributed by atoms with van der Waals surface area (Å²) in [6.07, 6.45) is 6.02. The van der Waals surface area contributed by atoms with Crippen LogP contribution in [0.4, 0.5) is 0 Å². The van der Waals surface area contributed by atoms with Crippen LogP contribution in [0.2, 0.25) is 0 Å². The number of aromatic nitrogens is 2. The quantitative estimate of drug-likeness (QED) is 0.735. The van der Waals surface area contributed by atoms with Crippen LogP contribution in [0.15, 0.2) is 12.4 Å². The van der Waals surface area contributed by atoms with E-state index in [1.165, 1.54) is 0 Å². The molecule has 3 nitrogen and oxygen atoms in total. The monoisotopic (exact) mass is 167 g/mol. The minimum Gasteiger partial charge on any atom is -0.331 e. The molecule has 0 aliphatic rings. The molecule has 1 heterocycles. The lowest BCUT2D eigenvalue weighted by molar-refractivity contribution is 0.530. The highest BCUT2D eigenvalue weighted by Gasteiger charge is 2.06. The van der Waals surface area contributed by atoms with Crippen molar-refractivity contribution in [2.45, 2.75) is 32.7 Å². The highest BCUT2D eigenvalue weighted by molar-refractivity contribution is 4.94. The molecule has 0 aromatic carbocycles. The Hall–Kier alpha value is -0.830. The van der Waals surface area contributed by atoms with Gasteiger partial charge < -0.3 is 10.3 Å². The molecule has 0 spiro atoms. The van der Waals surface area contributed by atoms with Gasteiger partial charge in [0.05, 0.1) is 0 Å². The third-order valence-electron chi connectivity index (χ3n) is 2.04. The molecule has 1 aromatic heterocycles. The number of aryl methyl sites for hydroxylation is 1. The van der Waals surface area contributed by atoms with E-state index in [-0.39, 0.29) is 0 Å². The average Bonchev–Trinajstić information content (AvgIpc) is 2.52. The van der Waals surface area contributed by atoms with Crippen molar-refractivity contribution in [1.82, 2.24) is 9.55 Å². The highest BCUT2D eigenvalue weighted by Crippen LogP contribution is 2.08. The van der Waals surface area contributed by atoms with Gasteiger partial charge in [-0.15, -0.1) is 0 Å². The van der Waals surface area contributed by atoms with Crippen LogP contribution in [0.5, 0.6) is 0 Å². The van der Waals surface area contributed by atoms with E-state index >= 15 is 0 Å². The molecule has 0 aliphatic heterocycles. The van der Waals surface area contributed by atoms with E-state index in [1.54, 1.807) is 0 Å². The first-order chi connectivity index (χ1) is 5.79. The maximum atomic E-state index is 5.58. The lowest BCUT2D eigenvalue weighted by Gasteiger charge is -2.13. The summed E-state index contributed by atoms with van der Waals surface area (Å²) in [6, 6.07) is 0.369. The maximum Gasteiger partial charge on any atom is 0.108 e. The first-order valence-electron chi connectivity index (χ1n) is 4.51. The summed E-state index contributed by atoms with van der Waals surface area (Å²) < 4.78 is 2.16. The Morgan fingerprint density at radius 2 is 2.42 bits per heavy atom. The van der Waals surface area contributed by atoms with Crippen molar-refractivity contribution in [1.29, 1.82) is 0 Å². The fourth-order valence-corrected chi connectivity index (χ4v) is 1.28. The molecule has 0 amide bonds. The van der Waals surface area contributed by atoms with Crippen molar-refractivity contribution in [3.8, 4) is 0 Å². The molecule has 1 rings (SSSR count). The van der Waals surface area contributed by atoms with Gasteiger partial charge >= 0.3 is 0 Å². The number of imidazole rings is 1. The van der Waals surface area contributed by atoms with Gasteiger partial charge in [0.1, 0.15) is 5.82 Å². The van der Waals surface area contributed by atoms with E-state index in [2.05, 4.69) is 23.4 Å². The smallest absolute Gasteiger partial charge is 0.108 e. The lowest BCUT2D eigenvalue weighted by Crippen LogP contribution is -2.17. The van der Waals surface area contributed by atoms with Crippen molar-refractivity contribution in [3.05, 3.63) is 18.2 Å². The molecule has 1 unspecified atom stereocenters. The van der Waals surface area contributed by atoms with Gasteiger partial charge in [0.25, 0.3) is 0 Å². The molecule has 0 radical (unpaired) electrons. The summed E-state index contributed by atoms with van der Waals surface area (Å²) in [6.45, 7) is 4.94. The van der Waals surface area contributed by atoms with Crippen LogP contribution >= 0.6 is 0 Å². The third-order valence-corrected chi connectivity index (χ3v) is 2.04. The SMILES string of the molecule is CCCc1nccn1C(C)CN. The molecule has 3 heteroatoms. The topological polar surface area (TPSA) is 43.8 Å². The molecule has 1 aromatic rings. The second kappa shape index (κ2) is 4.26. The van der Waals surface area contributed by atoms with Gasteiger partial charge in [-0.25, -0.2) is 4.98 Å². The second-order valence-corrected chi connectivity index (χ2v) is 3.09. The van der Waals surface area contributed by atoms with Crippen molar-refractivity contribution in [2.24, 2.45) is 5.73 Å². The minimum absolute atomic E-state index is 0.369. The van der Waals surface area contributed by atoms with Crippen molar-refractivity contribution >= 4 is 0 Å². The Labute approximate surface area is 73.6 Å². The molecule has 0 aliphatic carbocycles. The molecular formula is C9H17N3. The van der Waals surface area contributed by atoms with Crippen LogP contribution in [-0.2, 0) is 6.42 Å². The maximum absolute atomic E-state index is 5.58. The van der Waals surface area contributed by atoms with Gasteiger partial charge in [-0.05, 0) is 13.3 Å². The zero-order valence-corrected chi connectivity index (χ0v) is 7.83. The van der Waals surface area contributed by atoms with Crippen LogP contribution in [0.3, 0.4) is 0 Å². The van der Waals surface area contributed by atoms with E-state index in [1.807, 2.05) is 12.4 Å². The van der Waals surface area contributed by atoms with Gasteiger partial charge in [-0.3, -0.25) is 0 Å². The second-order valence-electron chi connectivity index (χ2n) is 3.09. The van der Waals surface area contributed by atoms with Crippen LogP contribution < -0.4 is 5.73 Å². The number of hydrogen-bond donors (Lipinski definition) is 1. The van der Waals surface area contributed by atoms with Gasteiger partial charge in [-0.1, -0.05) is 6.92 Å². The molecular weight excluding hydrogens is 150 g/mol. The Kier molecular flexibility index (Phi) is 3.29. The van der Waals surface area contributed by atoms with Crippen LogP contribution in [0.25, 0.3) is 0 Å². The predicted octanol–water partition coefficient (Wildman–Crippen LogP) is 1.36. The number of nitrogens with zero attached hydrogens (tertiary/aromatic N) is 2.